The molecule has 0 saturated heterocycles. The molecule has 6 heteroatoms. The van der Waals surface area contributed by atoms with Gasteiger partial charge in [-0.05, 0) is 29.8 Å². The van der Waals surface area contributed by atoms with Crippen molar-refractivity contribution in [1.29, 1.82) is 5.26 Å². The molecule has 2 aromatic rings. The standard InChI is InChI=1S/C16H14N2O3S/c1-22(20,21)11-13-6-2-3-8-15(13)16(19)18-14-7-4-5-12(9-14)10-17/h2-9H,11H2,1H3,(H,18,19). The summed E-state index contributed by atoms with van der Waals surface area (Å²) < 4.78 is 22.9. The number of nitriles is 1. The van der Waals surface area contributed by atoms with Gasteiger partial charge in [0.2, 0.25) is 0 Å². The van der Waals surface area contributed by atoms with Crippen LogP contribution in [0.3, 0.4) is 0 Å². The number of sulfone groups is 1. The summed E-state index contributed by atoms with van der Waals surface area (Å²) in [7, 11) is -3.24. The molecule has 0 aliphatic rings. The Morgan fingerprint density at radius 1 is 1.18 bits per heavy atom. The Morgan fingerprint density at radius 3 is 2.59 bits per heavy atom. The summed E-state index contributed by atoms with van der Waals surface area (Å²) >= 11 is 0. The molecule has 0 atom stereocenters. The van der Waals surface area contributed by atoms with Crippen LogP contribution < -0.4 is 5.32 Å². The van der Waals surface area contributed by atoms with E-state index in [2.05, 4.69) is 5.32 Å². The van der Waals surface area contributed by atoms with Gasteiger partial charge in [0.1, 0.15) is 0 Å². The van der Waals surface area contributed by atoms with E-state index in [0.717, 1.165) is 6.26 Å². The second kappa shape index (κ2) is 6.41. The fourth-order valence-electron chi connectivity index (χ4n) is 2.02. The number of amides is 1. The Bertz CT molecular complexity index is 852. The first-order valence-electron chi connectivity index (χ1n) is 6.46. The third-order valence-electron chi connectivity index (χ3n) is 2.93. The molecule has 1 amide bonds. The van der Waals surface area contributed by atoms with Gasteiger partial charge in [-0.25, -0.2) is 8.42 Å². The van der Waals surface area contributed by atoms with E-state index in [-0.39, 0.29) is 5.75 Å². The Labute approximate surface area is 129 Å². The first-order valence-corrected chi connectivity index (χ1v) is 8.52. The minimum absolute atomic E-state index is 0.200. The Balaban J connectivity index is 2.28. The summed E-state index contributed by atoms with van der Waals surface area (Å²) in [4.78, 5) is 12.3. The van der Waals surface area contributed by atoms with Gasteiger partial charge in [0.15, 0.2) is 9.84 Å². The van der Waals surface area contributed by atoms with Crippen LogP contribution in [0.5, 0.6) is 0 Å². The topological polar surface area (TPSA) is 87.0 Å². The van der Waals surface area contributed by atoms with E-state index >= 15 is 0 Å². The maximum Gasteiger partial charge on any atom is 0.255 e. The maximum absolute atomic E-state index is 12.3. The van der Waals surface area contributed by atoms with Crippen molar-refractivity contribution >= 4 is 21.4 Å². The molecule has 0 aliphatic carbocycles. The smallest absolute Gasteiger partial charge is 0.255 e. The van der Waals surface area contributed by atoms with E-state index < -0.39 is 15.7 Å². The van der Waals surface area contributed by atoms with E-state index in [1.165, 1.54) is 0 Å². The molecule has 1 N–H and O–H groups in total. The lowest BCUT2D eigenvalue weighted by atomic mass is 10.1. The highest BCUT2D eigenvalue weighted by Gasteiger charge is 2.14. The van der Waals surface area contributed by atoms with Crippen LogP contribution in [0.2, 0.25) is 0 Å². The number of carbonyl (C=O) groups is 1. The highest BCUT2D eigenvalue weighted by Crippen LogP contribution is 2.16. The van der Waals surface area contributed by atoms with E-state index in [1.54, 1.807) is 48.5 Å². The monoisotopic (exact) mass is 314 g/mol. The lowest BCUT2D eigenvalue weighted by Gasteiger charge is -2.09. The molecule has 0 saturated carbocycles. The summed E-state index contributed by atoms with van der Waals surface area (Å²) in [5.41, 5.74) is 1.66. The predicted octanol–water partition coefficient (Wildman–Crippen LogP) is 2.36. The second-order valence-electron chi connectivity index (χ2n) is 4.87. The van der Waals surface area contributed by atoms with Crippen molar-refractivity contribution in [2.24, 2.45) is 0 Å². The molecule has 0 aromatic heterocycles. The van der Waals surface area contributed by atoms with Crippen LogP contribution in [0.25, 0.3) is 0 Å². The number of nitrogens with one attached hydrogen (secondary N) is 1. The van der Waals surface area contributed by atoms with Gasteiger partial charge in [-0.3, -0.25) is 4.79 Å². The van der Waals surface area contributed by atoms with Gasteiger partial charge in [0.05, 0.1) is 17.4 Å². The minimum Gasteiger partial charge on any atom is -0.322 e. The average molecular weight is 314 g/mol. The number of nitrogens with zero attached hydrogens (tertiary/aromatic N) is 1. The van der Waals surface area contributed by atoms with Gasteiger partial charge in [-0.2, -0.15) is 5.26 Å². The second-order valence-corrected chi connectivity index (χ2v) is 7.01. The van der Waals surface area contributed by atoms with Crippen molar-refractivity contribution < 1.29 is 13.2 Å². The van der Waals surface area contributed by atoms with Crippen molar-refractivity contribution in [3.63, 3.8) is 0 Å². The van der Waals surface area contributed by atoms with Gasteiger partial charge in [0, 0.05) is 17.5 Å². The van der Waals surface area contributed by atoms with Crippen LogP contribution >= 0.6 is 0 Å². The molecule has 0 heterocycles. The fraction of sp³-hybridized carbons (Fsp3) is 0.125. The Morgan fingerprint density at radius 2 is 1.91 bits per heavy atom. The summed E-state index contributed by atoms with van der Waals surface area (Å²) in [6.45, 7) is 0. The molecule has 112 valence electrons. The minimum atomic E-state index is -3.24. The average Bonchev–Trinajstić information content (AvgIpc) is 2.46. The van der Waals surface area contributed by atoms with Gasteiger partial charge >= 0.3 is 0 Å². The highest BCUT2D eigenvalue weighted by atomic mass is 32.2. The molecule has 0 bridgehead atoms. The van der Waals surface area contributed by atoms with E-state index in [9.17, 15) is 13.2 Å². The zero-order valence-corrected chi connectivity index (χ0v) is 12.7. The summed E-state index contributed by atoms with van der Waals surface area (Å²) in [6, 6.07) is 15.1. The van der Waals surface area contributed by atoms with Crippen LogP contribution in [0, 0.1) is 11.3 Å². The number of hydrogen-bond donors (Lipinski definition) is 1. The van der Waals surface area contributed by atoms with Crippen LogP contribution in [0.4, 0.5) is 5.69 Å². The van der Waals surface area contributed by atoms with Crippen molar-refractivity contribution in [2.45, 2.75) is 5.75 Å². The third-order valence-corrected chi connectivity index (χ3v) is 3.76. The van der Waals surface area contributed by atoms with Crippen LogP contribution in [-0.2, 0) is 15.6 Å². The van der Waals surface area contributed by atoms with Crippen LogP contribution in [-0.4, -0.2) is 20.6 Å². The van der Waals surface area contributed by atoms with Crippen molar-refractivity contribution in [3.8, 4) is 6.07 Å². The molecule has 0 aliphatic heterocycles. The van der Waals surface area contributed by atoms with E-state index in [1.807, 2.05) is 6.07 Å². The summed E-state index contributed by atoms with van der Waals surface area (Å²) in [6.07, 6.45) is 1.12. The Kier molecular flexibility index (Phi) is 4.59. The molecule has 0 unspecified atom stereocenters. The number of rotatable bonds is 4. The molecular formula is C16H14N2O3S. The molecular weight excluding hydrogens is 300 g/mol. The lowest BCUT2D eigenvalue weighted by molar-refractivity contribution is 0.102. The summed E-state index contributed by atoms with van der Waals surface area (Å²) in [5, 5.41) is 11.5. The van der Waals surface area contributed by atoms with Crippen molar-refractivity contribution in [3.05, 3.63) is 65.2 Å². The lowest BCUT2D eigenvalue weighted by Crippen LogP contribution is -2.15. The highest BCUT2D eigenvalue weighted by molar-refractivity contribution is 7.89. The zero-order chi connectivity index (χ0) is 16.2. The third kappa shape index (κ3) is 4.17. The molecule has 0 spiro atoms. The predicted molar refractivity (Wildman–Crippen MR) is 84.1 cm³/mol. The molecule has 2 rings (SSSR count). The maximum atomic E-state index is 12.3. The van der Waals surface area contributed by atoms with E-state index in [0.29, 0.717) is 22.4 Å². The van der Waals surface area contributed by atoms with Crippen LogP contribution in [0.1, 0.15) is 21.5 Å². The molecule has 22 heavy (non-hydrogen) atoms. The fourth-order valence-corrected chi connectivity index (χ4v) is 2.83. The first-order chi connectivity index (χ1) is 10.4. The van der Waals surface area contributed by atoms with Gasteiger partial charge < -0.3 is 5.32 Å². The van der Waals surface area contributed by atoms with Crippen molar-refractivity contribution in [2.75, 3.05) is 11.6 Å². The molecule has 0 fully saturated rings. The zero-order valence-electron chi connectivity index (χ0n) is 11.9. The van der Waals surface area contributed by atoms with Gasteiger partial charge in [-0.15, -0.1) is 0 Å². The normalized spacial score (nSPS) is 10.7. The van der Waals surface area contributed by atoms with Crippen molar-refractivity contribution in [1.82, 2.24) is 0 Å². The van der Waals surface area contributed by atoms with Crippen LogP contribution in [0.15, 0.2) is 48.5 Å². The quantitative estimate of drug-likeness (QED) is 0.938. The number of hydrogen-bond acceptors (Lipinski definition) is 4. The molecule has 0 radical (unpaired) electrons. The Hall–Kier alpha value is -2.65. The largest absolute Gasteiger partial charge is 0.322 e. The summed E-state index contributed by atoms with van der Waals surface area (Å²) in [5.74, 6) is -0.608. The number of benzene rings is 2. The number of anilines is 1. The van der Waals surface area contributed by atoms with Gasteiger partial charge in [-0.1, -0.05) is 24.3 Å². The SMILES string of the molecule is CS(=O)(=O)Cc1ccccc1C(=O)Nc1cccc(C#N)c1. The molecule has 2 aromatic carbocycles. The first kappa shape index (κ1) is 15.7. The van der Waals surface area contributed by atoms with E-state index in [4.69, 9.17) is 5.26 Å². The molecule has 5 nitrogen and oxygen atoms in total. The number of carbonyl (C=O) groups excluding carboxylic acids is 1. The van der Waals surface area contributed by atoms with Gasteiger partial charge in [0.25, 0.3) is 5.91 Å².